The van der Waals surface area contributed by atoms with Crippen LogP contribution >= 0.6 is 0 Å². The van der Waals surface area contributed by atoms with Crippen molar-refractivity contribution in [3.05, 3.63) is 131 Å². The van der Waals surface area contributed by atoms with Gasteiger partial charge < -0.3 is 10.2 Å². The Bertz CT molecular complexity index is 2230. The molecule has 6 aromatic rings. The molecule has 5 nitrogen and oxygen atoms in total. The molecular formula is C35H20N2O3. The second kappa shape index (κ2) is 8.68. The SMILES string of the molecule is [C-]#[N+]C(=C=N)C1=C(c2c(O)ccc3cc4ccccc4cc23)C(=O)C1c1c(O)ccc2cc3ccccc3cc12. The number of hydrogen-bond acceptors (Lipinski definition) is 4. The van der Waals surface area contributed by atoms with Gasteiger partial charge in [0.1, 0.15) is 11.5 Å². The van der Waals surface area contributed by atoms with E-state index in [-0.39, 0.29) is 34.1 Å². The average molecular weight is 517 g/mol. The average Bonchev–Trinajstić information content (AvgIpc) is 2.98. The van der Waals surface area contributed by atoms with E-state index >= 15 is 0 Å². The monoisotopic (exact) mass is 516 g/mol. The van der Waals surface area contributed by atoms with E-state index in [0.29, 0.717) is 21.9 Å². The third-order valence-electron chi connectivity index (χ3n) is 7.86. The van der Waals surface area contributed by atoms with Crippen LogP contribution < -0.4 is 0 Å². The fourth-order valence-electron chi connectivity index (χ4n) is 6.01. The van der Waals surface area contributed by atoms with Gasteiger partial charge in [0, 0.05) is 16.7 Å². The number of nitrogens with zero attached hydrogens (tertiary/aromatic N) is 1. The van der Waals surface area contributed by atoms with Crippen LogP contribution in [-0.2, 0) is 4.79 Å². The van der Waals surface area contributed by atoms with Gasteiger partial charge in [-0.2, -0.15) is 0 Å². The Labute approximate surface area is 228 Å². The van der Waals surface area contributed by atoms with Crippen LogP contribution in [0.25, 0.3) is 53.5 Å². The maximum Gasteiger partial charge on any atom is 0.251 e. The Balaban J connectivity index is 1.55. The summed E-state index contributed by atoms with van der Waals surface area (Å²) in [5.41, 5.74) is 1.02. The molecule has 0 heterocycles. The van der Waals surface area contributed by atoms with Crippen LogP contribution in [0.15, 0.2) is 108 Å². The molecule has 40 heavy (non-hydrogen) atoms. The van der Waals surface area contributed by atoms with Crippen molar-refractivity contribution < 1.29 is 15.0 Å². The van der Waals surface area contributed by atoms with Gasteiger partial charge in [-0.05, 0) is 90.9 Å². The van der Waals surface area contributed by atoms with Gasteiger partial charge >= 0.3 is 0 Å². The Morgan fingerprint density at radius 3 is 1.82 bits per heavy atom. The van der Waals surface area contributed by atoms with E-state index in [4.69, 9.17) is 12.0 Å². The predicted octanol–water partition coefficient (Wildman–Crippen LogP) is 7.88. The summed E-state index contributed by atoms with van der Waals surface area (Å²) in [5, 5.41) is 37.0. The second-order valence-electron chi connectivity index (χ2n) is 9.97. The molecule has 0 fully saturated rings. The van der Waals surface area contributed by atoms with Gasteiger partial charge in [-0.1, -0.05) is 60.7 Å². The summed E-state index contributed by atoms with van der Waals surface area (Å²) in [6.07, 6.45) is 0. The first kappa shape index (κ1) is 23.4. The zero-order chi connectivity index (χ0) is 27.5. The van der Waals surface area contributed by atoms with Gasteiger partial charge in [0.05, 0.1) is 12.5 Å². The van der Waals surface area contributed by atoms with Crippen molar-refractivity contribution in [2.24, 2.45) is 0 Å². The standard InChI is InChI=1S/C35H20N2O3/c1-37-27(18-36)32-33(30-25-16-21-8-4-2-6-19(21)14-23(25)10-12-28(30)38)35(40)34(32)31-26-17-22-9-5-3-7-20(22)15-24(26)11-13-29(31)39/h2-17,33,36,38-39H. The van der Waals surface area contributed by atoms with Gasteiger partial charge in [-0.15, -0.1) is 0 Å². The third kappa shape index (κ3) is 3.28. The Morgan fingerprint density at radius 1 is 0.725 bits per heavy atom. The number of benzene rings is 6. The normalized spacial score (nSPS) is 14.9. The molecule has 0 radical (unpaired) electrons. The molecule has 6 aromatic carbocycles. The number of carbonyl (C=O) groups excluding carboxylic acids is 1. The lowest BCUT2D eigenvalue weighted by atomic mass is 9.67. The van der Waals surface area contributed by atoms with Crippen LogP contribution in [0.1, 0.15) is 17.0 Å². The van der Waals surface area contributed by atoms with E-state index in [1.807, 2.05) is 72.8 Å². The largest absolute Gasteiger partial charge is 0.508 e. The summed E-state index contributed by atoms with van der Waals surface area (Å²) < 4.78 is 0. The number of nitrogens with one attached hydrogen (secondary N) is 1. The number of aromatic hydroxyl groups is 2. The van der Waals surface area contributed by atoms with Crippen LogP contribution in [-0.4, -0.2) is 21.9 Å². The molecule has 0 spiro atoms. The summed E-state index contributed by atoms with van der Waals surface area (Å²) in [6, 6.07) is 30.3. The highest BCUT2D eigenvalue weighted by atomic mass is 16.3. The van der Waals surface area contributed by atoms with E-state index in [9.17, 15) is 15.0 Å². The lowest BCUT2D eigenvalue weighted by Crippen LogP contribution is -2.30. The Hall–Kier alpha value is -5.69. The van der Waals surface area contributed by atoms with Crippen molar-refractivity contribution in [1.29, 1.82) is 5.41 Å². The smallest absolute Gasteiger partial charge is 0.251 e. The number of hydrogen-bond donors (Lipinski definition) is 3. The second-order valence-corrected chi connectivity index (χ2v) is 9.97. The van der Waals surface area contributed by atoms with Crippen LogP contribution in [0.5, 0.6) is 11.5 Å². The first-order valence-corrected chi connectivity index (χ1v) is 12.8. The molecule has 0 aliphatic heterocycles. The number of rotatable bonds is 3. The highest BCUT2D eigenvalue weighted by Gasteiger charge is 2.45. The van der Waals surface area contributed by atoms with Crippen molar-refractivity contribution in [2.45, 2.75) is 5.92 Å². The highest BCUT2D eigenvalue weighted by Crippen LogP contribution is 2.54. The fourth-order valence-corrected chi connectivity index (χ4v) is 6.01. The van der Waals surface area contributed by atoms with Crippen LogP contribution in [0.3, 0.4) is 0 Å². The quantitative estimate of drug-likeness (QED) is 0.127. The molecule has 0 aromatic heterocycles. The van der Waals surface area contributed by atoms with E-state index in [1.165, 1.54) is 0 Å². The molecule has 1 atom stereocenters. The van der Waals surface area contributed by atoms with Gasteiger partial charge in [0.25, 0.3) is 5.70 Å². The van der Waals surface area contributed by atoms with Crippen molar-refractivity contribution in [3.63, 3.8) is 0 Å². The number of carbonyl (C=O) groups is 1. The van der Waals surface area contributed by atoms with Crippen LogP contribution in [0, 0.1) is 12.0 Å². The highest BCUT2D eigenvalue weighted by molar-refractivity contribution is 6.37. The van der Waals surface area contributed by atoms with Crippen LogP contribution in [0.4, 0.5) is 0 Å². The molecule has 0 saturated carbocycles. The molecule has 1 unspecified atom stereocenters. The number of fused-ring (bicyclic) bond motifs is 4. The first-order valence-electron chi connectivity index (χ1n) is 12.8. The summed E-state index contributed by atoms with van der Waals surface area (Å²) in [7, 11) is 0. The summed E-state index contributed by atoms with van der Waals surface area (Å²) in [4.78, 5) is 17.7. The lowest BCUT2D eigenvalue weighted by Gasteiger charge is -2.34. The minimum atomic E-state index is -0.989. The van der Waals surface area contributed by atoms with E-state index in [0.717, 1.165) is 32.3 Å². The molecule has 0 saturated heterocycles. The predicted molar refractivity (Wildman–Crippen MR) is 159 cm³/mol. The number of allylic oxidation sites excluding steroid dienone is 2. The van der Waals surface area contributed by atoms with E-state index in [2.05, 4.69) is 10.7 Å². The summed E-state index contributed by atoms with van der Waals surface area (Å²) >= 11 is 0. The van der Waals surface area contributed by atoms with Gasteiger partial charge in [-0.25, -0.2) is 4.85 Å². The fraction of sp³-hybridized carbons (Fsp3) is 0.0286. The van der Waals surface area contributed by atoms with Gasteiger partial charge in [-0.3, -0.25) is 10.2 Å². The lowest BCUT2D eigenvalue weighted by molar-refractivity contribution is -0.115. The molecule has 1 aliphatic carbocycles. The maximum absolute atomic E-state index is 14.1. The third-order valence-corrected chi connectivity index (χ3v) is 7.86. The van der Waals surface area contributed by atoms with Crippen LogP contribution in [0.2, 0.25) is 0 Å². The molecule has 3 N–H and O–H groups in total. The number of phenols is 2. The minimum Gasteiger partial charge on any atom is -0.508 e. The van der Waals surface area contributed by atoms with Crippen molar-refractivity contribution >= 4 is 60.3 Å². The topological polar surface area (TPSA) is 85.7 Å². The van der Waals surface area contributed by atoms with Gasteiger partial charge in [0.2, 0.25) is 0 Å². The molecule has 5 heteroatoms. The zero-order valence-electron chi connectivity index (χ0n) is 21.1. The Morgan fingerprint density at radius 2 is 1.25 bits per heavy atom. The van der Waals surface area contributed by atoms with Crippen molar-refractivity contribution in [1.82, 2.24) is 0 Å². The number of ketones is 1. The number of phenolic OH excluding ortho intramolecular Hbond substituents is 2. The van der Waals surface area contributed by atoms with Crippen molar-refractivity contribution in [2.75, 3.05) is 0 Å². The number of Topliss-reactive ketones (excluding diaryl/α,β-unsaturated/α-hetero) is 1. The summed E-state index contributed by atoms with van der Waals surface area (Å²) in [6.45, 7) is 7.78. The maximum atomic E-state index is 14.1. The molecule has 1 aliphatic rings. The molecule has 0 amide bonds. The molecule has 7 rings (SSSR count). The first-order chi connectivity index (χ1) is 19.5. The minimum absolute atomic E-state index is 0.0693. The van der Waals surface area contributed by atoms with Gasteiger partial charge in [0.15, 0.2) is 5.78 Å². The zero-order valence-corrected chi connectivity index (χ0v) is 21.1. The van der Waals surface area contributed by atoms with Crippen molar-refractivity contribution in [3.8, 4) is 11.5 Å². The molecule has 188 valence electrons. The van der Waals surface area contributed by atoms with E-state index < -0.39 is 5.92 Å². The Kier molecular flexibility index (Phi) is 5.08. The summed E-state index contributed by atoms with van der Waals surface area (Å²) in [5.74, 6) is 0.721. The molecule has 0 bridgehead atoms. The van der Waals surface area contributed by atoms with E-state index in [1.54, 1.807) is 24.3 Å². The molecular weight excluding hydrogens is 496 g/mol.